The number of nitrogens with zero attached hydrogens (tertiary/aromatic N) is 4. The van der Waals surface area contributed by atoms with Crippen LogP contribution in [0.15, 0.2) is 23.2 Å². The summed E-state index contributed by atoms with van der Waals surface area (Å²) in [6.45, 7) is 1.21. The minimum atomic E-state index is -4.71. The van der Waals surface area contributed by atoms with Crippen LogP contribution in [0.25, 0.3) is 16.7 Å². The Hall–Kier alpha value is -1.94. The molecule has 0 bridgehead atoms. The lowest BCUT2D eigenvalue weighted by atomic mass is 10.2. The Morgan fingerprint density at radius 3 is 2.64 bits per heavy atom. The van der Waals surface area contributed by atoms with Crippen molar-refractivity contribution >= 4 is 28.4 Å². The van der Waals surface area contributed by atoms with Crippen LogP contribution in [0.3, 0.4) is 0 Å². The largest absolute Gasteiger partial charge is 0.452 e. The van der Waals surface area contributed by atoms with Gasteiger partial charge in [0.1, 0.15) is 10.8 Å². The predicted octanol–water partition coefficient (Wildman–Crippen LogP) is 3.71. The number of alkyl halides is 3. The van der Waals surface area contributed by atoms with Crippen LogP contribution >= 0.6 is 11.8 Å². The van der Waals surface area contributed by atoms with E-state index in [2.05, 4.69) is 15.2 Å². The Morgan fingerprint density at radius 1 is 1.16 bits per heavy atom. The molecule has 25 heavy (non-hydrogen) atoms. The summed E-state index contributed by atoms with van der Waals surface area (Å²) >= 11 is 1.36. The average Bonchev–Trinajstić information content (AvgIpc) is 3.02. The first-order chi connectivity index (χ1) is 11.9. The third-order valence-electron chi connectivity index (χ3n) is 3.95. The fourth-order valence-electron chi connectivity index (χ4n) is 2.79. The SMILES string of the molecule is Fc1ccc2nc(SC3CCOCC3)c3nnc(C(F)(F)F)n3c2c1. The van der Waals surface area contributed by atoms with E-state index >= 15 is 0 Å². The zero-order chi connectivity index (χ0) is 17.6. The van der Waals surface area contributed by atoms with Crippen molar-refractivity contribution in [3.63, 3.8) is 0 Å². The number of aromatic nitrogens is 4. The van der Waals surface area contributed by atoms with Crippen LogP contribution in [0, 0.1) is 5.82 Å². The molecule has 0 unspecified atom stereocenters. The molecule has 1 saturated heterocycles. The van der Waals surface area contributed by atoms with Gasteiger partial charge in [-0.15, -0.1) is 10.2 Å². The molecular weight excluding hydrogens is 360 g/mol. The summed E-state index contributed by atoms with van der Waals surface area (Å²) < 4.78 is 59.7. The van der Waals surface area contributed by atoms with Crippen molar-refractivity contribution in [1.29, 1.82) is 0 Å². The number of fused-ring (bicyclic) bond motifs is 3. The normalized spacial score (nSPS) is 16.8. The molecule has 3 heterocycles. The van der Waals surface area contributed by atoms with Gasteiger partial charge in [0.15, 0.2) is 5.65 Å². The van der Waals surface area contributed by atoms with Crippen LogP contribution in [0.5, 0.6) is 0 Å². The highest BCUT2D eigenvalue weighted by Gasteiger charge is 2.38. The van der Waals surface area contributed by atoms with E-state index in [1.54, 1.807) is 0 Å². The first-order valence-electron chi connectivity index (χ1n) is 7.59. The predicted molar refractivity (Wildman–Crippen MR) is 82.9 cm³/mol. The molecular formula is C15H12F4N4OS. The molecule has 132 valence electrons. The van der Waals surface area contributed by atoms with E-state index in [9.17, 15) is 17.6 Å². The molecule has 0 aliphatic carbocycles. The van der Waals surface area contributed by atoms with Gasteiger partial charge in [-0.1, -0.05) is 11.8 Å². The maximum atomic E-state index is 13.6. The van der Waals surface area contributed by atoms with Crippen molar-refractivity contribution in [2.45, 2.75) is 29.3 Å². The Balaban J connectivity index is 1.93. The summed E-state index contributed by atoms with van der Waals surface area (Å²) in [7, 11) is 0. The van der Waals surface area contributed by atoms with Crippen LogP contribution in [-0.2, 0) is 10.9 Å². The lowest BCUT2D eigenvalue weighted by molar-refractivity contribution is -0.145. The molecule has 0 spiro atoms. The summed E-state index contributed by atoms with van der Waals surface area (Å²) in [5.41, 5.74) is 0.235. The fourth-order valence-corrected chi connectivity index (χ4v) is 3.93. The Bertz CT molecular complexity index is 937. The van der Waals surface area contributed by atoms with E-state index < -0.39 is 17.8 Å². The first kappa shape index (κ1) is 16.5. The molecule has 2 aromatic heterocycles. The van der Waals surface area contributed by atoms with Gasteiger partial charge < -0.3 is 4.74 Å². The summed E-state index contributed by atoms with van der Waals surface area (Å²) in [4.78, 5) is 4.40. The molecule has 1 aromatic carbocycles. The number of hydrogen-bond donors (Lipinski definition) is 0. The molecule has 0 atom stereocenters. The Morgan fingerprint density at radius 2 is 1.92 bits per heavy atom. The maximum absolute atomic E-state index is 13.6. The van der Waals surface area contributed by atoms with Gasteiger partial charge in [-0.3, -0.25) is 4.40 Å². The van der Waals surface area contributed by atoms with Crippen LogP contribution < -0.4 is 0 Å². The van der Waals surface area contributed by atoms with E-state index in [1.165, 1.54) is 23.9 Å². The van der Waals surface area contributed by atoms with Crippen molar-refractivity contribution in [2.75, 3.05) is 13.2 Å². The van der Waals surface area contributed by atoms with Crippen molar-refractivity contribution in [2.24, 2.45) is 0 Å². The Labute approximate surface area is 143 Å². The molecule has 0 N–H and O–H groups in total. The molecule has 10 heteroatoms. The summed E-state index contributed by atoms with van der Waals surface area (Å²) in [6, 6.07) is 3.54. The highest BCUT2D eigenvalue weighted by atomic mass is 32.2. The van der Waals surface area contributed by atoms with E-state index in [0.717, 1.165) is 23.3 Å². The van der Waals surface area contributed by atoms with Gasteiger partial charge in [-0.25, -0.2) is 9.37 Å². The minimum absolute atomic E-state index is 0.0105. The second kappa shape index (κ2) is 6.10. The van der Waals surface area contributed by atoms with Gasteiger partial charge in [-0.05, 0) is 25.0 Å². The van der Waals surface area contributed by atoms with Crippen molar-refractivity contribution < 1.29 is 22.3 Å². The molecule has 1 fully saturated rings. The zero-order valence-electron chi connectivity index (χ0n) is 12.8. The highest BCUT2D eigenvalue weighted by Crippen LogP contribution is 2.35. The van der Waals surface area contributed by atoms with Gasteiger partial charge >= 0.3 is 6.18 Å². The second-order valence-electron chi connectivity index (χ2n) is 5.66. The van der Waals surface area contributed by atoms with Gasteiger partial charge in [0.05, 0.1) is 11.0 Å². The van der Waals surface area contributed by atoms with Crippen molar-refractivity contribution in [3.8, 4) is 0 Å². The average molecular weight is 372 g/mol. The number of halogens is 4. The highest BCUT2D eigenvalue weighted by molar-refractivity contribution is 8.00. The smallest absolute Gasteiger partial charge is 0.381 e. The van der Waals surface area contributed by atoms with Crippen molar-refractivity contribution in [1.82, 2.24) is 19.6 Å². The topological polar surface area (TPSA) is 52.3 Å². The zero-order valence-corrected chi connectivity index (χ0v) is 13.6. The van der Waals surface area contributed by atoms with Gasteiger partial charge in [0.2, 0.25) is 5.82 Å². The molecule has 0 saturated carbocycles. The number of benzene rings is 1. The third-order valence-corrected chi connectivity index (χ3v) is 5.26. The monoisotopic (exact) mass is 372 g/mol. The third kappa shape index (κ3) is 3.04. The van der Waals surface area contributed by atoms with Gasteiger partial charge in [0, 0.05) is 24.5 Å². The maximum Gasteiger partial charge on any atom is 0.452 e. The molecule has 0 amide bonds. The molecule has 5 nitrogen and oxygen atoms in total. The Kier molecular flexibility index (Phi) is 4.03. The summed E-state index contributed by atoms with van der Waals surface area (Å²) in [5.74, 6) is -1.84. The van der Waals surface area contributed by atoms with Crippen LogP contribution in [0.1, 0.15) is 18.7 Å². The number of thioether (sulfide) groups is 1. The number of hydrogen-bond acceptors (Lipinski definition) is 5. The van der Waals surface area contributed by atoms with Gasteiger partial charge in [-0.2, -0.15) is 13.2 Å². The van der Waals surface area contributed by atoms with Crippen molar-refractivity contribution in [3.05, 3.63) is 29.8 Å². The molecule has 3 aromatic rings. The second-order valence-corrected chi connectivity index (χ2v) is 6.95. The molecule has 1 aliphatic rings. The fraction of sp³-hybridized carbons (Fsp3) is 0.400. The van der Waals surface area contributed by atoms with Crippen LogP contribution in [-0.4, -0.2) is 38.0 Å². The van der Waals surface area contributed by atoms with E-state index in [4.69, 9.17) is 4.74 Å². The lowest BCUT2D eigenvalue weighted by Crippen LogP contribution is -2.18. The summed E-state index contributed by atoms with van der Waals surface area (Å²) in [6.07, 6.45) is -3.15. The lowest BCUT2D eigenvalue weighted by Gasteiger charge is -2.21. The van der Waals surface area contributed by atoms with E-state index in [0.29, 0.717) is 18.2 Å². The van der Waals surface area contributed by atoms with Crippen LogP contribution in [0.4, 0.5) is 17.6 Å². The number of rotatable bonds is 2. The van der Waals surface area contributed by atoms with E-state index in [1.807, 2.05) is 0 Å². The number of ether oxygens (including phenoxy) is 1. The minimum Gasteiger partial charge on any atom is -0.381 e. The summed E-state index contributed by atoms with van der Waals surface area (Å²) in [5, 5.41) is 7.50. The quantitative estimate of drug-likeness (QED) is 0.642. The molecule has 4 rings (SSSR count). The standard InChI is InChI=1S/C15H12F4N4OS/c16-8-1-2-10-11(7-8)23-12(21-22-14(23)15(17,18)19)13(20-10)25-9-3-5-24-6-4-9/h1-2,7,9H,3-6H2. The van der Waals surface area contributed by atoms with E-state index in [-0.39, 0.29) is 21.9 Å². The molecule has 0 radical (unpaired) electrons. The van der Waals surface area contributed by atoms with Gasteiger partial charge in [0.25, 0.3) is 0 Å². The first-order valence-corrected chi connectivity index (χ1v) is 8.47. The molecule has 1 aliphatic heterocycles. The van der Waals surface area contributed by atoms with Crippen LogP contribution in [0.2, 0.25) is 0 Å².